The van der Waals surface area contributed by atoms with Crippen molar-refractivity contribution in [2.24, 2.45) is 7.05 Å². The van der Waals surface area contributed by atoms with Crippen LogP contribution in [-0.4, -0.2) is 14.7 Å². The number of aromatic nitrogens is 2. The van der Waals surface area contributed by atoms with Gasteiger partial charge >= 0.3 is 5.69 Å². The quantitative estimate of drug-likeness (QED) is 0.688. The predicted molar refractivity (Wildman–Crippen MR) is 73.7 cm³/mol. The summed E-state index contributed by atoms with van der Waals surface area (Å²) >= 11 is 0. The summed E-state index contributed by atoms with van der Waals surface area (Å²) in [5, 5.41) is 17.9. The molecule has 0 radical (unpaired) electrons. The van der Waals surface area contributed by atoms with Gasteiger partial charge in [-0.05, 0) is 37.3 Å². The first-order chi connectivity index (χ1) is 9.49. The van der Waals surface area contributed by atoms with Gasteiger partial charge in [0.05, 0.1) is 4.92 Å². The summed E-state index contributed by atoms with van der Waals surface area (Å²) in [4.78, 5) is 10.5. The molecule has 7 heteroatoms. The van der Waals surface area contributed by atoms with Gasteiger partial charge in [0.25, 0.3) is 0 Å². The highest BCUT2D eigenvalue weighted by atomic mass is 19.1. The molecular weight excluding hydrogens is 263 g/mol. The summed E-state index contributed by atoms with van der Waals surface area (Å²) in [5.74, 6) is -0.322. The minimum absolute atomic E-state index is 0.0235. The Labute approximate surface area is 114 Å². The van der Waals surface area contributed by atoms with Crippen LogP contribution in [0, 0.1) is 22.9 Å². The van der Waals surface area contributed by atoms with Crippen molar-refractivity contribution in [3.8, 4) is 0 Å². The van der Waals surface area contributed by atoms with Gasteiger partial charge in [0, 0.05) is 18.9 Å². The number of nitro groups is 1. The number of benzene rings is 1. The molecule has 104 valence electrons. The average molecular weight is 276 g/mol. The lowest BCUT2D eigenvalue weighted by Gasteiger charge is -2.00. The molecule has 0 saturated heterocycles. The Kier molecular flexibility index (Phi) is 3.79. The summed E-state index contributed by atoms with van der Waals surface area (Å²) in [5.41, 5.74) is 1.41. The fourth-order valence-electron chi connectivity index (χ4n) is 1.84. The Balaban J connectivity index is 2.19. The van der Waals surface area contributed by atoms with Gasteiger partial charge in [-0.3, -0.25) is 14.8 Å². The lowest BCUT2D eigenvalue weighted by Crippen LogP contribution is -1.96. The van der Waals surface area contributed by atoms with Gasteiger partial charge in [-0.2, -0.15) is 5.10 Å². The summed E-state index contributed by atoms with van der Waals surface area (Å²) in [7, 11) is 1.64. The third-order valence-electron chi connectivity index (χ3n) is 2.75. The maximum absolute atomic E-state index is 12.7. The third kappa shape index (κ3) is 2.82. The lowest BCUT2D eigenvalue weighted by molar-refractivity contribution is -0.385. The van der Waals surface area contributed by atoms with Gasteiger partial charge in [0.15, 0.2) is 0 Å². The largest absolute Gasteiger partial charge is 0.362 e. The normalized spacial score (nSPS) is 10.9. The smallest absolute Gasteiger partial charge is 0.317 e. The molecule has 6 nitrogen and oxygen atoms in total. The van der Waals surface area contributed by atoms with E-state index in [1.165, 1.54) is 16.8 Å². The van der Waals surface area contributed by atoms with E-state index < -0.39 is 4.92 Å². The van der Waals surface area contributed by atoms with E-state index >= 15 is 0 Å². The first-order valence-electron chi connectivity index (χ1n) is 5.85. The summed E-state index contributed by atoms with van der Waals surface area (Å²) in [6, 6.07) is 5.80. The highest BCUT2D eigenvalue weighted by molar-refractivity contribution is 5.61. The number of hydrogen-bond donors (Lipinski definition) is 1. The first-order valence-corrected chi connectivity index (χ1v) is 5.85. The topological polar surface area (TPSA) is 73.0 Å². The van der Waals surface area contributed by atoms with Crippen LogP contribution in [0.2, 0.25) is 0 Å². The Morgan fingerprint density at radius 3 is 2.65 bits per heavy atom. The van der Waals surface area contributed by atoms with Crippen LogP contribution in [0.25, 0.3) is 6.08 Å². The van der Waals surface area contributed by atoms with Gasteiger partial charge in [-0.25, -0.2) is 4.39 Å². The molecule has 20 heavy (non-hydrogen) atoms. The Hall–Kier alpha value is -2.70. The third-order valence-corrected chi connectivity index (χ3v) is 2.75. The molecule has 0 spiro atoms. The van der Waals surface area contributed by atoms with E-state index in [1.807, 2.05) is 0 Å². The predicted octanol–water partition coefficient (Wildman–Crippen LogP) is 2.86. The van der Waals surface area contributed by atoms with Crippen LogP contribution >= 0.6 is 0 Å². The van der Waals surface area contributed by atoms with Crippen molar-refractivity contribution in [3.63, 3.8) is 0 Å². The van der Waals surface area contributed by atoms with Crippen molar-refractivity contribution in [1.29, 1.82) is 0 Å². The molecular formula is C13H13FN4O2. The maximum Gasteiger partial charge on any atom is 0.317 e. The zero-order chi connectivity index (χ0) is 14.7. The van der Waals surface area contributed by atoms with E-state index in [1.54, 1.807) is 38.4 Å². The molecule has 0 aliphatic heterocycles. The molecule has 1 heterocycles. The molecule has 2 rings (SSSR count). The number of nitrogens with one attached hydrogen (secondary N) is 1. The minimum Gasteiger partial charge on any atom is -0.362 e. The van der Waals surface area contributed by atoms with Gasteiger partial charge in [0.2, 0.25) is 0 Å². The molecule has 0 amide bonds. The highest BCUT2D eigenvalue weighted by Gasteiger charge is 2.21. The minimum atomic E-state index is -0.458. The number of nitrogens with zero attached hydrogens (tertiary/aromatic N) is 3. The SMILES string of the molecule is Cc1nn(C)c(/C=C/Nc2ccc(F)cc2)c1[N+](=O)[O-]. The molecule has 1 aromatic heterocycles. The molecule has 0 fully saturated rings. The highest BCUT2D eigenvalue weighted by Crippen LogP contribution is 2.23. The summed E-state index contributed by atoms with van der Waals surface area (Å²) in [6.45, 7) is 1.59. The molecule has 1 N–H and O–H groups in total. The van der Waals surface area contributed by atoms with Crippen LogP contribution < -0.4 is 5.32 Å². The molecule has 0 aliphatic rings. The number of hydrogen-bond acceptors (Lipinski definition) is 4. The van der Waals surface area contributed by atoms with Crippen LogP contribution in [0.4, 0.5) is 15.8 Å². The zero-order valence-corrected chi connectivity index (χ0v) is 11.0. The van der Waals surface area contributed by atoms with Crippen molar-refractivity contribution in [2.75, 3.05) is 5.32 Å². The summed E-state index contributed by atoms with van der Waals surface area (Å²) < 4.78 is 14.2. The van der Waals surface area contributed by atoms with Crippen LogP contribution in [0.1, 0.15) is 11.4 Å². The van der Waals surface area contributed by atoms with E-state index in [9.17, 15) is 14.5 Å². The van der Waals surface area contributed by atoms with E-state index in [-0.39, 0.29) is 11.5 Å². The van der Waals surface area contributed by atoms with Gasteiger partial charge < -0.3 is 5.32 Å². The second kappa shape index (κ2) is 5.52. The Morgan fingerprint density at radius 1 is 1.40 bits per heavy atom. The molecule has 0 unspecified atom stereocenters. The van der Waals surface area contributed by atoms with E-state index in [0.29, 0.717) is 17.1 Å². The van der Waals surface area contributed by atoms with Gasteiger partial charge in [-0.15, -0.1) is 0 Å². The number of rotatable bonds is 4. The number of aryl methyl sites for hydroxylation is 2. The number of halogens is 1. The molecule has 0 saturated carbocycles. The van der Waals surface area contributed by atoms with Crippen LogP contribution in [0.5, 0.6) is 0 Å². The first kappa shape index (κ1) is 13.7. The van der Waals surface area contributed by atoms with Crippen molar-refractivity contribution in [3.05, 3.63) is 57.8 Å². The van der Waals surface area contributed by atoms with Gasteiger partial charge in [-0.1, -0.05) is 0 Å². The van der Waals surface area contributed by atoms with Crippen molar-refractivity contribution in [1.82, 2.24) is 9.78 Å². The van der Waals surface area contributed by atoms with Gasteiger partial charge in [0.1, 0.15) is 17.2 Å². The van der Waals surface area contributed by atoms with Crippen molar-refractivity contribution in [2.45, 2.75) is 6.92 Å². The zero-order valence-electron chi connectivity index (χ0n) is 11.0. The lowest BCUT2D eigenvalue weighted by atomic mass is 10.3. The van der Waals surface area contributed by atoms with E-state index in [4.69, 9.17) is 0 Å². The van der Waals surface area contributed by atoms with Crippen molar-refractivity contribution >= 4 is 17.5 Å². The number of anilines is 1. The maximum atomic E-state index is 12.7. The average Bonchev–Trinajstić information content (AvgIpc) is 2.66. The molecule has 0 bridgehead atoms. The summed E-state index contributed by atoms with van der Waals surface area (Å²) in [6.07, 6.45) is 3.11. The van der Waals surface area contributed by atoms with Crippen LogP contribution in [-0.2, 0) is 7.05 Å². The second-order valence-corrected chi connectivity index (χ2v) is 4.18. The van der Waals surface area contributed by atoms with E-state index in [0.717, 1.165) is 0 Å². The standard InChI is InChI=1S/C13H13FN4O2/c1-9-13(18(19)20)12(17(2)16-9)7-8-15-11-5-3-10(14)4-6-11/h3-8,15H,1-2H3/b8-7+. The van der Waals surface area contributed by atoms with Crippen molar-refractivity contribution < 1.29 is 9.31 Å². The fourth-order valence-corrected chi connectivity index (χ4v) is 1.84. The van der Waals surface area contributed by atoms with E-state index in [2.05, 4.69) is 10.4 Å². The van der Waals surface area contributed by atoms with Crippen LogP contribution in [0.3, 0.4) is 0 Å². The van der Waals surface area contributed by atoms with Crippen LogP contribution in [0.15, 0.2) is 30.5 Å². The molecule has 2 aromatic rings. The molecule has 0 aliphatic carbocycles. The second-order valence-electron chi connectivity index (χ2n) is 4.18. The Morgan fingerprint density at radius 2 is 2.05 bits per heavy atom. The Bertz CT molecular complexity index is 662. The fraction of sp³-hybridized carbons (Fsp3) is 0.154. The monoisotopic (exact) mass is 276 g/mol. The molecule has 0 atom stereocenters. The molecule has 1 aromatic carbocycles.